The second-order valence-electron chi connectivity index (χ2n) is 6.93. The van der Waals surface area contributed by atoms with Crippen molar-refractivity contribution in [1.82, 2.24) is 14.5 Å². The van der Waals surface area contributed by atoms with E-state index in [9.17, 15) is 19.3 Å². The fourth-order valence-corrected chi connectivity index (χ4v) is 4.33. The minimum absolute atomic E-state index is 0.115. The van der Waals surface area contributed by atoms with Crippen LogP contribution >= 0.6 is 11.3 Å². The van der Waals surface area contributed by atoms with Gasteiger partial charge in [0.1, 0.15) is 5.82 Å². The predicted molar refractivity (Wildman–Crippen MR) is 116 cm³/mol. The summed E-state index contributed by atoms with van der Waals surface area (Å²) in [5.41, 5.74) is 1.01. The summed E-state index contributed by atoms with van der Waals surface area (Å²) >= 11 is 1.21. The summed E-state index contributed by atoms with van der Waals surface area (Å²) in [6.07, 6.45) is 5.81. The zero-order valence-electron chi connectivity index (χ0n) is 16.6. The molecular formula is C21H18FN5O3S. The third-order valence-corrected chi connectivity index (χ3v) is 5.95. The topological polar surface area (TPSA) is 94.2 Å². The van der Waals surface area contributed by atoms with Crippen molar-refractivity contribution in [3.05, 3.63) is 82.2 Å². The quantitative estimate of drug-likeness (QED) is 0.310. The number of anilines is 1. The molecule has 0 bridgehead atoms. The normalized spacial score (nSPS) is 11.0. The standard InChI is InChI=1S/C21H18FN5O3S/c1-14-16(4-2-5-18(14)27(29)30)20(28)26(10-3-9-25-11-8-23-13-25)21-24-17-7-6-15(22)12-19(17)31-21/h2,4-8,11-13H,3,9-10H2,1H3. The Bertz CT molecular complexity index is 1260. The SMILES string of the molecule is Cc1c(C(=O)N(CCCn2ccnc2)c2nc3ccc(F)cc3s2)cccc1[N+](=O)[O-]. The number of nitro benzene ring substituents is 1. The number of rotatable bonds is 7. The van der Waals surface area contributed by atoms with Gasteiger partial charge in [0.25, 0.3) is 11.6 Å². The maximum absolute atomic E-state index is 13.6. The van der Waals surface area contributed by atoms with E-state index in [1.165, 1.54) is 40.5 Å². The van der Waals surface area contributed by atoms with Crippen LogP contribution in [0.4, 0.5) is 15.2 Å². The monoisotopic (exact) mass is 439 g/mol. The number of carbonyl (C=O) groups is 1. The number of aromatic nitrogens is 3. The van der Waals surface area contributed by atoms with Crippen molar-refractivity contribution in [2.45, 2.75) is 19.9 Å². The molecule has 0 radical (unpaired) electrons. The fourth-order valence-electron chi connectivity index (χ4n) is 3.31. The van der Waals surface area contributed by atoms with Gasteiger partial charge in [-0.2, -0.15) is 0 Å². The number of thiazole rings is 1. The molecule has 0 aliphatic carbocycles. The van der Waals surface area contributed by atoms with Crippen LogP contribution in [0.1, 0.15) is 22.3 Å². The average Bonchev–Trinajstić information content (AvgIpc) is 3.40. The highest BCUT2D eigenvalue weighted by Gasteiger charge is 2.25. The molecular weight excluding hydrogens is 421 g/mol. The van der Waals surface area contributed by atoms with Gasteiger partial charge in [-0.25, -0.2) is 14.4 Å². The van der Waals surface area contributed by atoms with Gasteiger partial charge in [-0.1, -0.05) is 17.4 Å². The first kappa shape index (κ1) is 20.6. The Balaban J connectivity index is 1.69. The molecule has 0 unspecified atom stereocenters. The molecule has 0 N–H and O–H groups in total. The molecule has 31 heavy (non-hydrogen) atoms. The average molecular weight is 439 g/mol. The fraction of sp³-hybridized carbons (Fsp3) is 0.190. The summed E-state index contributed by atoms with van der Waals surface area (Å²) in [6, 6.07) is 8.70. The number of carbonyl (C=O) groups excluding carboxylic acids is 1. The van der Waals surface area contributed by atoms with Crippen LogP contribution in [0.3, 0.4) is 0 Å². The summed E-state index contributed by atoms with van der Waals surface area (Å²) in [5.74, 6) is -0.762. The minimum atomic E-state index is -0.504. The van der Waals surface area contributed by atoms with Gasteiger partial charge in [-0.05, 0) is 37.6 Å². The van der Waals surface area contributed by atoms with Crippen LogP contribution in [0, 0.1) is 22.9 Å². The third-order valence-electron chi connectivity index (χ3n) is 4.90. The van der Waals surface area contributed by atoms with Crippen LogP contribution in [0.5, 0.6) is 0 Å². The molecule has 158 valence electrons. The van der Waals surface area contributed by atoms with E-state index in [0.29, 0.717) is 40.4 Å². The Labute approximate surface area is 180 Å². The molecule has 0 saturated heterocycles. The van der Waals surface area contributed by atoms with Gasteiger partial charge in [0, 0.05) is 42.7 Å². The lowest BCUT2D eigenvalue weighted by Gasteiger charge is -2.21. The molecule has 0 aliphatic rings. The lowest BCUT2D eigenvalue weighted by Crippen LogP contribution is -2.33. The van der Waals surface area contributed by atoms with Gasteiger partial charge in [0.15, 0.2) is 5.13 Å². The Morgan fingerprint density at radius 2 is 2.16 bits per heavy atom. The highest BCUT2D eigenvalue weighted by Crippen LogP contribution is 2.31. The molecule has 4 aromatic rings. The number of halogens is 1. The van der Waals surface area contributed by atoms with Crippen molar-refractivity contribution in [2.24, 2.45) is 0 Å². The smallest absolute Gasteiger partial charge is 0.273 e. The molecule has 10 heteroatoms. The molecule has 2 heterocycles. The maximum atomic E-state index is 13.6. The number of aryl methyl sites for hydroxylation is 1. The molecule has 0 aliphatic heterocycles. The van der Waals surface area contributed by atoms with E-state index in [1.54, 1.807) is 31.6 Å². The minimum Gasteiger partial charge on any atom is -0.337 e. The highest BCUT2D eigenvalue weighted by atomic mass is 32.1. The van der Waals surface area contributed by atoms with E-state index in [1.807, 2.05) is 10.8 Å². The molecule has 2 aromatic heterocycles. The van der Waals surface area contributed by atoms with E-state index >= 15 is 0 Å². The Kier molecular flexibility index (Phi) is 5.72. The van der Waals surface area contributed by atoms with Crippen molar-refractivity contribution in [1.29, 1.82) is 0 Å². The van der Waals surface area contributed by atoms with Gasteiger partial charge in [-0.3, -0.25) is 19.8 Å². The zero-order chi connectivity index (χ0) is 22.0. The van der Waals surface area contributed by atoms with Crippen LogP contribution in [0.2, 0.25) is 0 Å². The third kappa shape index (κ3) is 4.29. The molecule has 0 spiro atoms. The summed E-state index contributed by atoms with van der Waals surface area (Å²) in [5, 5.41) is 11.7. The van der Waals surface area contributed by atoms with E-state index in [4.69, 9.17) is 0 Å². The first-order chi connectivity index (χ1) is 14.9. The van der Waals surface area contributed by atoms with Gasteiger partial charge in [0.2, 0.25) is 0 Å². The second kappa shape index (κ2) is 8.60. The molecule has 0 atom stereocenters. The Hall–Kier alpha value is -3.66. The number of imidazole rings is 1. The van der Waals surface area contributed by atoms with Gasteiger partial charge >= 0.3 is 0 Å². The number of fused-ring (bicyclic) bond motifs is 1. The number of amides is 1. The van der Waals surface area contributed by atoms with Crippen LogP contribution in [-0.4, -0.2) is 31.9 Å². The van der Waals surface area contributed by atoms with Crippen molar-refractivity contribution in [2.75, 3.05) is 11.4 Å². The van der Waals surface area contributed by atoms with Gasteiger partial charge in [-0.15, -0.1) is 0 Å². The number of hydrogen-bond acceptors (Lipinski definition) is 6. The van der Waals surface area contributed by atoms with Gasteiger partial charge in [0.05, 0.1) is 21.5 Å². The largest absolute Gasteiger partial charge is 0.337 e. The number of benzene rings is 2. The summed E-state index contributed by atoms with van der Waals surface area (Å²) in [6.45, 7) is 2.53. The van der Waals surface area contributed by atoms with Crippen LogP contribution < -0.4 is 4.90 Å². The molecule has 4 rings (SSSR count). The summed E-state index contributed by atoms with van der Waals surface area (Å²) in [4.78, 5) is 34.3. The number of nitro groups is 1. The maximum Gasteiger partial charge on any atom is 0.273 e. The lowest BCUT2D eigenvalue weighted by atomic mass is 10.1. The van der Waals surface area contributed by atoms with Crippen LogP contribution in [-0.2, 0) is 6.54 Å². The van der Waals surface area contributed by atoms with Crippen LogP contribution in [0.25, 0.3) is 10.2 Å². The van der Waals surface area contributed by atoms with Crippen molar-refractivity contribution in [3.8, 4) is 0 Å². The Morgan fingerprint density at radius 1 is 1.32 bits per heavy atom. The summed E-state index contributed by atoms with van der Waals surface area (Å²) in [7, 11) is 0. The Morgan fingerprint density at radius 3 is 2.90 bits per heavy atom. The molecule has 0 fully saturated rings. The van der Waals surface area contributed by atoms with E-state index in [-0.39, 0.29) is 23.0 Å². The van der Waals surface area contributed by atoms with E-state index in [0.717, 1.165) is 0 Å². The first-order valence-electron chi connectivity index (χ1n) is 9.52. The number of hydrogen-bond donors (Lipinski definition) is 0. The first-order valence-corrected chi connectivity index (χ1v) is 10.3. The molecule has 8 nitrogen and oxygen atoms in total. The number of nitrogens with zero attached hydrogens (tertiary/aromatic N) is 5. The van der Waals surface area contributed by atoms with Crippen molar-refractivity contribution in [3.63, 3.8) is 0 Å². The molecule has 0 saturated carbocycles. The van der Waals surface area contributed by atoms with E-state index in [2.05, 4.69) is 9.97 Å². The van der Waals surface area contributed by atoms with Crippen LogP contribution in [0.15, 0.2) is 55.1 Å². The van der Waals surface area contributed by atoms with Crippen molar-refractivity contribution < 1.29 is 14.1 Å². The summed E-state index contributed by atoms with van der Waals surface area (Å²) < 4.78 is 16.2. The molecule has 2 aromatic carbocycles. The molecule has 1 amide bonds. The van der Waals surface area contributed by atoms with E-state index < -0.39 is 4.92 Å². The highest BCUT2D eigenvalue weighted by molar-refractivity contribution is 7.22. The second-order valence-corrected chi connectivity index (χ2v) is 7.94. The van der Waals surface area contributed by atoms with Crippen molar-refractivity contribution >= 4 is 38.3 Å². The lowest BCUT2D eigenvalue weighted by molar-refractivity contribution is -0.385. The zero-order valence-corrected chi connectivity index (χ0v) is 17.4. The van der Waals surface area contributed by atoms with Gasteiger partial charge < -0.3 is 4.57 Å². The predicted octanol–water partition coefficient (Wildman–Crippen LogP) is 4.59.